The van der Waals surface area contributed by atoms with Gasteiger partial charge in [0.15, 0.2) is 28.5 Å². The minimum atomic E-state index is -0.135. The number of ether oxygens (including phenoxy) is 2. The number of methoxy groups -OCH3 is 2. The van der Waals surface area contributed by atoms with Crippen molar-refractivity contribution in [1.29, 1.82) is 0 Å². The number of rotatable bonds is 5. The Morgan fingerprint density at radius 3 is 2.51 bits per heavy atom. The lowest BCUT2D eigenvalue weighted by Crippen LogP contribution is -2.50. The summed E-state index contributed by atoms with van der Waals surface area (Å²) < 4.78 is 11.8. The van der Waals surface area contributed by atoms with Crippen LogP contribution in [0.4, 0.5) is 22.2 Å². The second kappa shape index (κ2) is 10.6. The first-order valence-electron chi connectivity index (χ1n) is 11.5. The number of nitrogens with two attached hydrogens (primary N) is 1. The highest BCUT2D eigenvalue weighted by atomic mass is 127. The summed E-state index contributed by atoms with van der Waals surface area (Å²) in [5.41, 5.74) is 9.17. The third kappa shape index (κ3) is 5.28. The molecule has 1 aliphatic heterocycles. The lowest BCUT2D eigenvalue weighted by atomic mass is 10.1. The Labute approximate surface area is 227 Å². The molecule has 1 aliphatic rings. The van der Waals surface area contributed by atoms with E-state index in [0.717, 1.165) is 14.8 Å². The molecule has 0 saturated carbocycles. The fourth-order valence-electron chi connectivity index (χ4n) is 4.15. The molecule has 4 aromatic rings. The van der Waals surface area contributed by atoms with Crippen molar-refractivity contribution in [3.8, 4) is 22.8 Å². The molecular weight excluding hydrogens is 587 g/mol. The minimum absolute atomic E-state index is 0.120. The third-order valence-electron chi connectivity index (χ3n) is 6.03. The number of piperazine rings is 1. The van der Waals surface area contributed by atoms with Gasteiger partial charge in [0.25, 0.3) is 0 Å². The SMILES string of the molecule is COc1ccc(-c2cnc3nc(N)nc(N4CCN(C(=O)Nc5cccc(I)c5)CC4)c3n2)cc1OC. The molecular formula is C25H25IN8O3. The number of hydrogen-bond donors (Lipinski definition) is 2. The minimum Gasteiger partial charge on any atom is -0.493 e. The number of urea groups is 1. The molecule has 3 N–H and O–H groups in total. The molecule has 0 radical (unpaired) electrons. The van der Waals surface area contributed by atoms with Gasteiger partial charge in [0.2, 0.25) is 5.95 Å². The van der Waals surface area contributed by atoms with E-state index in [-0.39, 0.29) is 12.0 Å². The molecule has 11 nitrogen and oxygen atoms in total. The highest BCUT2D eigenvalue weighted by Gasteiger charge is 2.25. The highest BCUT2D eigenvalue weighted by Crippen LogP contribution is 2.33. The molecule has 2 aromatic heterocycles. The number of benzene rings is 2. The van der Waals surface area contributed by atoms with E-state index < -0.39 is 0 Å². The van der Waals surface area contributed by atoms with Crippen molar-refractivity contribution >= 4 is 57.2 Å². The maximum Gasteiger partial charge on any atom is 0.321 e. The predicted octanol–water partition coefficient (Wildman–Crippen LogP) is 3.64. The Hall–Kier alpha value is -3.94. The molecule has 190 valence electrons. The molecule has 0 spiro atoms. The summed E-state index contributed by atoms with van der Waals surface area (Å²) in [7, 11) is 3.18. The van der Waals surface area contributed by atoms with E-state index in [4.69, 9.17) is 20.2 Å². The number of anilines is 3. The van der Waals surface area contributed by atoms with Gasteiger partial charge < -0.3 is 30.3 Å². The topological polar surface area (TPSA) is 132 Å². The van der Waals surface area contributed by atoms with Crippen LogP contribution in [0.15, 0.2) is 48.7 Å². The summed E-state index contributed by atoms with van der Waals surface area (Å²) in [5, 5.41) is 2.97. The van der Waals surface area contributed by atoms with Crippen molar-refractivity contribution in [1.82, 2.24) is 24.8 Å². The van der Waals surface area contributed by atoms with Gasteiger partial charge in [0.05, 0.1) is 26.1 Å². The zero-order chi connectivity index (χ0) is 25.9. The first kappa shape index (κ1) is 24.7. The number of hydrogen-bond acceptors (Lipinski definition) is 9. The van der Waals surface area contributed by atoms with Crippen LogP contribution in [0.2, 0.25) is 0 Å². The number of nitrogen functional groups attached to an aromatic ring is 1. The van der Waals surface area contributed by atoms with Gasteiger partial charge in [0.1, 0.15) is 0 Å². The van der Waals surface area contributed by atoms with Crippen LogP contribution in [0.1, 0.15) is 0 Å². The number of nitrogens with zero attached hydrogens (tertiary/aromatic N) is 6. The number of carbonyl (C=O) groups excluding carboxylic acids is 1. The maximum atomic E-state index is 12.8. The summed E-state index contributed by atoms with van der Waals surface area (Å²) in [6, 6.07) is 13.1. The molecule has 1 saturated heterocycles. The van der Waals surface area contributed by atoms with E-state index in [2.05, 4.69) is 47.8 Å². The largest absolute Gasteiger partial charge is 0.493 e. The lowest BCUT2D eigenvalue weighted by Gasteiger charge is -2.35. The van der Waals surface area contributed by atoms with Crippen LogP contribution in [0.5, 0.6) is 11.5 Å². The Balaban J connectivity index is 1.38. The number of halogens is 1. The van der Waals surface area contributed by atoms with Gasteiger partial charge in [-0.25, -0.2) is 14.8 Å². The summed E-state index contributed by atoms with van der Waals surface area (Å²) >= 11 is 2.22. The lowest BCUT2D eigenvalue weighted by molar-refractivity contribution is 0.208. The van der Waals surface area contributed by atoms with Gasteiger partial charge >= 0.3 is 6.03 Å². The molecule has 37 heavy (non-hydrogen) atoms. The number of fused-ring (bicyclic) bond motifs is 1. The molecule has 0 atom stereocenters. The Morgan fingerprint density at radius 1 is 1.00 bits per heavy atom. The normalized spacial score (nSPS) is 13.5. The predicted molar refractivity (Wildman–Crippen MR) is 150 cm³/mol. The number of amides is 2. The van der Waals surface area contributed by atoms with Crippen molar-refractivity contribution in [3.05, 3.63) is 52.2 Å². The molecule has 0 aliphatic carbocycles. The molecule has 1 fully saturated rings. The van der Waals surface area contributed by atoms with Crippen LogP contribution in [0.3, 0.4) is 0 Å². The van der Waals surface area contributed by atoms with E-state index in [1.807, 2.05) is 42.5 Å². The Bertz CT molecular complexity index is 1460. The smallest absolute Gasteiger partial charge is 0.321 e. The monoisotopic (exact) mass is 612 g/mol. The Kier molecular flexibility index (Phi) is 7.08. The average Bonchev–Trinajstić information content (AvgIpc) is 2.92. The van der Waals surface area contributed by atoms with Crippen LogP contribution < -0.4 is 25.4 Å². The molecule has 2 amide bonds. The maximum absolute atomic E-state index is 12.8. The van der Waals surface area contributed by atoms with Crippen LogP contribution in [0, 0.1) is 3.57 Å². The average molecular weight is 612 g/mol. The zero-order valence-corrected chi connectivity index (χ0v) is 22.5. The fourth-order valence-corrected chi connectivity index (χ4v) is 4.70. The van der Waals surface area contributed by atoms with Crippen molar-refractivity contribution < 1.29 is 14.3 Å². The number of nitrogens with one attached hydrogen (secondary N) is 1. The zero-order valence-electron chi connectivity index (χ0n) is 20.3. The van der Waals surface area contributed by atoms with Crippen LogP contribution in [-0.4, -0.2) is 71.3 Å². The van der Waals surface area contributed by atoms with Gasteiger partial charge in [-0.15, -0.1) is 0 Å². The second-order valence-electron chi connectivity index (χ2n) is 8.32. The van der Waals surface area contributed by atoms with Crippen molar-refractivity contribution in [2.24, 2.45) is 0 Å². The molecule has 2 aromatic carbocycles. The van der Waals surface area contributed by atoms with Crippen molar-refractivity contribution in [2.45, 2.75) is 0 Å². The first-order chi connectivity index (χ1) is 17.9. The van der Waals surface area contributed by atoms with Gasteiger partial charge in [-0.05, 0) is 59.0 Å². The summed E-state index contributed by atoms with van der Waals surface area (Å²) in [6.45, 7) is 2.16. The first-order valence-corrected chi connectivity index (χ1v) is 12.6. The summed E-state index contributed by atoms with van der Waals surface area (Å²) in [6.07, 6.45) is 1.65. The van der Waals surface area contributed by atoms with Crippen LogP contribution in [0.25, 0.3) is 22.4 Å². The van der Waals surface area contributed by atoms with E-state index in [1.165, 1.54) is 0 Å². The second-order valence-corrected chi connectivity index (χ2v) is 9.56. The van der Waals surface area contributed by atoms with Gasteiger partial charge in [0, 0.05) is 41.0 Å². The standard InChI is InChI=1S/C25H25IN8O3/c1-36-19-7-6-15(12-20(19)37-2)18-14-28-22-21(30-18)23(32-24(27)31-22)33-8-10-34(11-9-33)25(35)29-17-5-3-4-16(26)13-17/h3-7,12-14H,8-11H2,1-2H3,(H,29,35)(H2,27,28,31,32). The summed E-state index contributed by atoms with van der Waals surface area (Å²) in [5.74, 6) is 1.93. The molecule has 0 bridgehead atoms. The van der Waals surface area contributed by atoms with E-state index in [9.17, 15) is 4.79 Å². The molecule has 0 unspecified atom stereocenters. The van der Waals surface area contributed by atoms with Gasteiger partial charge in [-0.1, -0.05) is 6.07 Å². The van der Waals surface area contributed by atoms with E-state index >= 15 is 0 Å². The van der Waals surface area contributed by atoms with Gasteiger partial charge in [-0.3, -0.25) is 0 Å². The quantitative estimate of drug-likeness (QED) is 0.325. The van der Waals surface area contributed by atoms with Crippen LogP contribution in [-0.2, 0) is 0 Å². The van der Waals surface area contributed by atoms with Crippen molar-refractivity contribution in [3.63, 3.8) is 0 Å². The van der Waals surface area contributed by atoms with Crippen molar-refractivity contribution in [2.75, 3.05) is 56.3 Å². The highest BCUT2D eigenvalue weighted by molar-refractivity contribution is 14.1. The molecule has 3 heterocycles. The van der Waals surface area contributed by atoms with Crippen LogP contribution >= 0.6 is 22.6 Å². The Morgan fingerprint density at radius 2 is 1.78 bits per heavy atom. The third-order valence-corrected chi connectivity index (χ3v) is 6.70. The fraction of sp³-hybridized carbons (Fsp3) is 0.240. The van der Waals surface area contributed by atoms with Gasteiger partial charge in [-0.2, -0.15) is 9.97 Å². The number of carbonyl (C=O) groups is 1. The molecule has 12 heteroatoms. The molecule has 5 rings (SSSR count). The number of aromatic nitrogens is 4. The summed E-state index contributed by atoms with van der Waals surface area (Å²) in [4.78, 5) is 34.7. The van der Waals surface area contributed by atoms with E-state index in [1.54, 1.807) is 25.3 Å². The van der Waals surface area contributed by atoms with E-state index in [0.29, 0.717) is 60.4 Å².